The zero-order chi connectivity index (χ0) is 28.4. The van der Waals surface area contributed by atoms with Crippen molar-refractivity contribution in [2.45, 2.75) is 32.9 Å². The minimum atomic E-state index is -1.19. The number of benzene rings is 2. The molecule has 1 saturated heterocycles. The minimum Gasteiger partial charge on any atom is -0.484 e. The second-order valence-corrected chi connectivity index (χ2v) is 11.2. The number of amides is 3. The van der Waals surface area contributed by atoms with Gasteiger partial charge in [0.25, 0.3) is 5.91 Å². The summed E-state index contributed by atoms with van der Waals surface area (Å²) in [5.74, 6) is 0.567. The maximum absolute atomic E-state index is 12.7. The summed E-state index contributed by atoms with van der Waals surface area (Å²) in [5.41, 5.74) is 4.40. The molecule has 2 aliphatic heterocycles. The van der Waals surface area contributed by atoms with E-state index in [0.29, 0.717) is 22.8 Å². The van der Waals surface area contributed by atoms with Gasteiger partial charge in [-0.25, -0.2) is 9.78 Å². The Labute approximate surface area is 236 Å². The number of hydrogen-bond donors (Lipinski definition) is 3. The van der Waals surface area contributed by atoms with Gasteiger partial charge in [0.1, 0.15) is 17.7 Å². The fourth-order valence-corrected chi connectivity index (χ4v) is 5.18. The normalized spacial score (nSPS) is 17.1. The average molecular weight is 561 g/mol. The van der Waals surface area contributed by atoms with Crippen LogP contribution in [0.4, 0.5) is 10.6 Å². The summed E-state index contributed by atoms with van der Waals surface area (Å²) >= 11 is 6.55. The molecule has 5 rings (SSSR count). The van der Waals surface area contributed by atoms with E-state index in [1.165, 1.54) is 18.3 Å². The smallest absolute Gasteiger partial charge is 0.410 e. The van der Waals surface area contributed by atoms with E-state index in [0.717, 1.165) is 35.3 Å². The van der Waals surface area contributed by atoms with Gasteiger partial charge in [-0.05, 0) is 58.5 Å². The fourth-order valence-electron chi connectivity index (χ4n) is 4.89. The molecular weight excluding hydrogens is 532 g/mol. The third kappa shape index (κ3) is 6.26. The largest absolute Gasteiger partial charge is 0.484 e. The molecule has 1 aromatic heterocycles. The Morgan fingerprint density at radius 2 is 1.88 bits per heavy atom. The highest BCUT2D eigenvalue weighted by Crippen LogP contribution is 2.40. The molecule has 2 aromatic carbocycles. The van der Waals surface area contributed by atoms with Crippen molar-refractivity contribution >= 4 is 35.3 Å². The van der Waals surface area contributed by atoms with E-state index in [2.05, 4.69) is 29.5 Å². The van der Waals surface area contributed by atoms with Crippen LogP contribution in [0, 0.1) is 5.41 Å². The Hall–Kier alpha value is -4.37. The van der Waals surface area contributed by atoms with Crippen molar-refractivity contribution in [3.63, 3.8) is 0 Å². The molecule has 10 heteroatoms. The number of aromatic nitrogens is 1. The van der Waals surface area contributed by atoms with Crippen molar-refractivity contribution in [3.05, 3.63) is 88.6 Å². The number of fused-ring (bicyclic) bond motifs is 1. The molecule has 1 atom stereocenters. The topological polar surface area (TPSA) is 121 Å². The molecule has 3 N–H and O–H groups in total. The lowest BCUT2D eigenvalue weighted by molar-refractivity contribution is -0.116. The number of rotatable bonds is 7. The van der Waals surface area contributed by atoms with Gasteiger partial charge < -0.3 is 20.1 Å². The monoisotopic (exact) mass is 560 g/mol. The fraction of sp³-hybridized carbons (Fsp3) is 0.267. The first-order chi connectivity index (χ1) is 19.1. The number of carbonyl (C=O) groups is 3. The summed E-state index contributed by atoms with van der Waals surface area (Å²) in [4.78, 5) is 41.5. The molecule has 3 heterocycles. The quantitative estimate of drug-likeness (QED) is 0.344. The van der Waals surface area contributed by atoms with Gasteiger partial charge in [-0.2, -0.15) is 0 Å². The average Bonchev–Trinajstić information content (AvgIpc) is 3.33. The van der Waals surface area contributed by atoms with Crippen LogP contribution in [0.5, 0.6) is 5.75 Å². The van der Waals surface area contributed by atoms with E-state index in [-0.39, 0.29) is 35.7 Å². The van der Waals surface area contributed by atoms with Crippen LogP contribution < -0.4 is 15.4 Å². The number of anilines is 1. The number of carbonyl (C=O) groups excluding carboxylic acids is 2. The number of carboxylic acid groups (broad SMARTS) is 1. The molecule has 9 nitrogen and oxygen atoms in total. The van der Waals surface area contributed by atoms with Crippen LogP contribution in [0.3, 0.4) is 0 Å². The van der Waals surface area contributed by atoms with Crippen LogP contribution in [-0.4, -0.2) is 52.1 Å². The van der Waals surface area contributed by atoms with E-state index in [9.17, 15) is 14.4 Å². The van der Waals surface area contributed by atoms with Crippen molar-refractivity contribution in [2.24, 2.45) is 5.41 Å². The van der Waals surface area contributed by atoms with Crippen LogP contribution >= 0.6 is 11.6 Å². The molecule has 0 spiro atoms. The first kappa shape index (κ1) is 27.2. The Bertz CT molecular complexity index is 1480. The zero-order valence-electron chi connectivity index (χ0n) is 22.1. The molecule has 3 aromatic rings. The van der Waals surface area contributed by atoms with Gasteiger partial charge in [0.15, 0.2) is 0 Å². The van der Waals surface area contributed by atoms with Crippen molar-refractivity contribution in [1.29, 1.82) is 0 Å². The summed E-state index contributed by atoms with van der Waals surface area (Å²) in [6, 6.07) is 14.6. The van der Waals surface area contributed by atoms with E-state index in [1.807, 2.05) is 41.3 Å². The lowest BCUT2D eigenvalue weighted by Crippen LogP contribution is -2.55. The number of pyridine rings is 1. The van der Waals surface area contributed by atoms with Crippen LogP contribution in [0.2, 0.25) is 5.02 Å². The lowest BCUT2D eigenvalue weighted by atomic mass is 9.84. The van der Waals surface area contributed by atoms with Crippen LogP contribution in [-0.2, 0) is 17.8 Å². The SMILES string of the molecule is CC1(C)CN(C(=O)c2ccc(-c3cc(Cl)c4c(c3)CC(C=CC(=O)NCc3ccc(NC(=O)O)nc3)O4)cc2)C1. The highest BCUT2D eigenvalue weighted by molar-refractivity contribution is 6.32. The molecule has 1 unspecified atom stereocenters. The van der Waals surface area contributed by atoms with Gasteiger partial charge in [0.2, 0.25) is 5.91 Å². The van der Waals surface area contributed by atoms with E-state index >= 15 is 0 Å². The number of likely N-dealkylation sites (tertiary alicyclic amines) is 1. The third-order valence-electron chi connectivity index (χ3n) is 6.79. The second-order valence-electron chi connectivity index (χ2n) is 10.8. The number of halogens is 1. The third-order valence-corrected chi connectivity index (χ3v) is 7.07. The van der Waals surface area contributed by atoms with Gasteiger partial charge in [0, 0.05) is 49.5 Å². The van der Waals surface area contributed by atoms with Crippen molar-refractivity contribution < 1.29 is 24.2 Å². The van der Waals surface area contributed by atoms with E-state index in [1.54, 1.807) is 12.1 Å². The molecule has 0 bridgehead atoms. The van der Waals surface area contributed by atoms with Crippen LogP contribution in [0.1, 0.15) is 35.3 Å². The molecule has 0 saturated carbocycles. The van der Waals surface area contributed by atoms with Crippen molar-refractivity contribution in [1.82, 2.24) is 15.2 Å². The van der Waals surface area contributed by atoms with E-state index in [4.69, 9.17) is 21.4 Å². The molecule has 0 radical (unpaired) electrons. The first-order valence-corrected chi connectivity index (χ1v) is 13.2. The molecule has 0 aliphatic carbocycles. The molecule has 2 aliphatic rings. The predicted molar refractivity (Wildman–Crippen MR) is 152 cm³/mol. The van der Waals surface area contributed by atoms with Gasteiger partial charge in [0.05, 0.1) is 5.02 Å². The minimum absolute atomic E-state index is 0.0486. The number of nitrogens with one attached hydrogen (secondary N) is 2. The van der Waals surface area contributed by atoms with Gasteiger partial charge >= 0.3 is 6.09 Å². The number of ether oxygens (including phenoxy) is 1. The van der Waals surface area contributed by atoms with Gasteiger partial charge in [-0.15, -0.1) is 0 Å². The Morgan fingerprint density at radius 3 is 2.52 bits per heavy atom. The van der Waals surface area contributed by atoms with Crippen LogP contribution in [0.25, 0.3) is 11.1 Å². The first-order valence-electron chi connectivity index (χ1n) is 12.9. The highest BCUT2D eigenvalue weighted by Gasteiger charge is 2.37. The summed E-state index contributed by atoms with van der Waals surface area (Å²) in [6.07, 6.45) is 3.65. The maximum Gasteiger partial charge on any atom is 0.410 e. The molecule has 40 heavy (non-hydrogen) atoms. The Kier molecular flexibility index (Phi) is 7.49. The van der Waals surface area contributed by atoms with E-state index < -0.39 is 6.09 Å². The highest BCUT2D eigenvalue weighted by atomic mass is 35.5. The molecule has 206 valence electrons. The van der Waals surface area contributed by atoms with Gasteiger partial charge in [-0.1, -0.05) is 43.6 Å². The summed E-state index contributed by atoms with van der Waals surface area (Å²) in [6.45, 7) is 6.09. The number of nitrogens with zero attached hydrogens (tertiary/aromatic N) is 2. The van der Waals surface area contributed by atoms with Crippen molar-refractivity contribution in [3.8, 4) is 16.9 Å². The Morgan fingerprint density at radius 1 is 1.12 bits per heavy atom. The number of hydrogen-bond acceptors (Lipinski definition) is 5. The lowest BCUT2D eigenvalue weighted by Gasteiger charge is -2.45. The van der Waals surface area contributed by atoms with Gasteiger partial charge in [-0.3, -0.25) is 14.9 Å². The molecular formula is C30H29ClN4O5. The summed E-state index contributed by atoms with van der Waals surface area (Å²) < 4.78 is 5.99. The predicted octanol–water partition coefficient (Wildman–Crippen LogP) is 5.15. The summed E-state index contributed by atoms with van der Waals surface area (Å²) in [7, 11) is 0. The maximum atomic E-state index is 12.7. The molecule has 1 fully saturated rings. The summed E-state index contributed by atoms with van der Waals surface area (Å²) in [5, 5.41) is 14.1. The molecule has 3 amide bonds. The van der Waals surface area contributed by atoms with Crippen molar-refractivity contribution in [2.75, 3.05) is 18.4 Å². The zero-order valence-corrected chi connectivity index (χ0v) is 22.9. The second kappa shape index (κ2) is 11.0. The van der Waals surface area contributed by atoms with Crippen LogP contribution in [0.15, 0.2) is 66.9 Å². The standard InChI is InChI=1S/C30H29ClN4O5/c1-30(2)16-35(17-30)28(37)20-6-4-19(5-7-20)21-11-22-12-23(40-27(22)24(31)13-21)8-10-26(36)33-15-18-3-9-25(32-14-18)34-29(38)39/h3-11,13-14,23H,12,15-17H2,1-2H3,(H,32,34)(H,33,36)(H,38,39). The Balaban J connectivity index is 1.16.